The molecule has 0 spiro atoms. The minimum absolute atomic E-state index is 0.0563. The molecule has 17 heavy (non-hydrogen) atoms. The molecule has 2 aromatic heterocycles. The molecule has 0 aliphatic carbocycles. The highest BCUT2D eigenvalue weighted by atomic mass is 35.5. The highest BCUT2D eigenvalue weighted by molar-refractivity contribution is 6.29. The van der Waals surface area contributed by atoms with E-state index < -0.39 is 0 Å². The second-order valence-corrected chi connectivity index (χ2v) is 5.22. The highest BCUT2D eigenvalue weighted by Gasteiger charge is 2.19. The number of aromatic nitrogens is 4. The van der Waals surface area contributed by atoms with Gasteiger partial charge >= 0.3 is 0 Å². The van der Waals surface area contributed by atoms with Crippen molar-refractivity contribution in [2.75, 3.05) is 5.73 Å². The normalized spacial score (nSPS) is 11.8. The van der Waals surface area contributed by atoms with Crippen LogP contribution in [-0.4, -0.2) is 20.0 Å². The fourth-order valence-electron chi connectivity index (χ4n) is 1.37. The van der Waals surface area contributed by atoms with Crippen LogP contribution in [0.15, 0.2) is 18.2 Å². The highest BCUT2D eigenvalue weighted by Crippen LogP contribution is 2.24. The minimum Gasteiger partial charge on any atom is -0.384 e. The van der Waals surface area contributed by atoms with E-state index in [9.17, 15) is 0 Å². The summed E-state index contributed by atoms with van der Waals surface area (Å²) in [5.74, 6) is 1.09. The monoisotopic (exact) mass is 251 g/mol. The first kappa shape index (κ1) is 11.9. The molecule has 0 saturated carbocycles. The summed E-state index contributed by atoms with van der Waals surface area (Å²) in [5, 5.41) is 12.5. The molecule has 0 aliphatic rings. The van der Waals surface area contributed by atoms with E-state index in [-0.39, 0.29) is 5.41 Å². The van der Waals surface area contributed by atoms with Gasteiger partial charge in [0.15, 0.2) is 11.0 Å². The quantitative estimate of drug-likeness (QED) is 0.844. The van der Waals surface area contributed by atoms with E-state index >= 15 is 0 Å². The number of anilines is 1. The summed E-state index contributed by atoms with van der Waals surface area (Å²) in [6.45, 7) is 6.23. The Morgan fingerprint density at radius 3 is 2.41 bits per heavy atom. The predicted octanol–water partition coefficient (Wildman–Crippen LogP) is 2.20. The van der Waals surface area contributed by atoms with E-state index in [1.54, 1.807) is 16.8 Å². The van der Waals surface area contributed by atoms with Gasteiger partial charge in [-0.1, -0.05) is 32.4 Å². The van der Waals surface area contributed by atoms with Gasteiger partial charge in [-0.25, -0.2) is 0 Å². The molecule has 90 valence electrons. The molecule has 5 nitrogen and oxygen atoms in total. The van der Waals surface area contributed by atoms with Gasteiger partial charge in [-0.3, -0.25) is 0 Å². The maximum atomic E-state index is 5.91. The van der Waals surface area contributed by atoms with Crippen LogP contribution < -0.4 is 5.73 Å². The van der Waals surface area contributed by atoms with Crippen molar-refractivity contribution in [3.63, 3.8) is 0 Å². The van der Waals surface area contributed by atoms with Crippen molar-refractivity contribution >= 4 is 17.4 Å². The van der Waals surface area contributed by atoms with Gasteiger partial charge < -0.3 is 5.73 Å². The molecule has 2 heterocycles. The summed E-state index contributed by atoms with van der Waals surface area (Å²) in [5.41, 5.74) is 6.76. The average molecular weight is 252 g/mol. The number of hydrogen-bond acceptors (Lipinski definition) is 4. The molecular formula is C11H14ClN5. The Bertz CT molecular complexity index is 524. The molecule has 2 N–H and O–H groups in total. The van der Waals surface area contributed by atoms with Crippen molar-refractivity contribution in [1.29, 1.82) is 0 Å². The second kappa shape index (κ2) is 4.00. The van der Waals surface area contributed by atoms with Gasteiger partial charge in [0.25, 0.3) is 0 Å². The van der Waals surface area contributed by atoms with Crippen LogP contribution in [0.4, 0.5) is 5.82 Å². The van der Waals surface area contributed by atoms with Crippen molar-refractivity contribution in [2.24, 2.45) is 0 Å². The fourth-order valence-corrected chi connectivity index (χ4v) is 1.47. The van der Waals surface area contributed by atoms with Crippen LogP contribution in [0.3, 0.4) is 0 Å². The topological polar surface area (TPSA) is 69.6 Å². The first-order valence-electron chi connectivity index (χ1n) is 5.23. The molecule has 0 amide bonds. The lowest BCUT2D eigenvalue weighted by atomic mass is 9.92. The molecular weight excluding hydrogens is 238 g/mol. The molecule has 0 fully saturated rings. The average Bonchev–Trinajstić information content (AvgIpc) is 2.61. The Kier molecular flexibility index (Phi) is 2.79. The Labute approximate surface area is 105 Å². The fraction of sp³-hybridized carbons (Fsp3) is 0.364. The van der Waals surface area contributed by atoms with Gasteiger partial charge in [-0.05, 0) is 12.1 Å². The lowest BCUT2D eigenvalue weighted by molar-refractivity contribution is 0.559. The largest absolute Gasteiger partial charge is 0.384 e. The molecule has 6 heteroatoms. The first-order valence-corrected chi connectivity index (χ1v) is 5.61. The molecule has 0 unspecified atom stereocenters. The van der Waals surface area contributed by atoms with Crippen molar-refractivity contribution < 1.29 is 0 Å². The minimum atomic E-state index is -0.0563. The van der Waals surface area contributed by atoms with E-state index in [0.717, 1.165) is 5.69 Å². The zero-order valence-corrected chi connectivity index (χ0v) is 10.7. The van der Waals surface area contributed by atoms with E-state index in [0.29, 0.717) is 16.8 Å². The first-order chi connectivity index (χ1) is 7.88. The molecule has 2 aromatic rings. The molecule has 0 saturated heterocycles. The van der Waals surface area contributed by atoms with Crippen molar-refractivity contribution in [3.8, 4) is 5.82 Å². The third-order valence-corrected chi connectivity index (χ3v) is 2.54. The number of nitrogen functional groups attached to an aromatic ring is 1. The summed E-state index contributed by atoms with van der Waals surface area (Å²) in [6.07, 6.45) is 0. The molecule has 0 bridgehead atoms. The molecule has 0 aliphatic heterocycles. The van der Waals surface area contributed by atoms with E-state index in [2.05, 4.69) is 36.1 Å². The van der Waals surface area contributed by atoms with Crippen LogP contribution in [0.2, 0.25) is 5.15 Å². The van der Waals surface area contributed by atoms with Crippen LogP contribution in [-0.2, 0) is 5.41 Å². The van der Waals surface area contributed by atoms with Crippen molar-refractivity contribution in [3.05, 3.63) is 29.0 Å². The van der Waals surface area contributed by atoms with Gasteiger partial charge in [-0.2, -0.15) is 9.78 Å². The third-order valence-electron chi connectivity index (χ3n) is 2.34. The molecule has 0 radical (unpaired) electrons. The number of halogens is 1. The van der Waals surface area contributed by atoms with Crippen LogP contribution in [0.5, 0.6) is 0 Å². The lowest BCUT2D eigenvalue weighted by Gasteiger charge is -2.13. The summed E-state index contributed by atoms with van der Waals surface area (Å²) >= 11 is 5.68. The van der Waals surface area contributed by atoms with Gasteiger partial charge in [0.2, 0.25) is 0 Å². The van der Waals surface area contributed by atoms with Crippen LogP contribution in [0.25, 0.3) is 5.82 Å². The standard InChI is InChI=1S/C11H14ClN5/c1-11(2,3)7-6-9(13)17(16-7)10-5-4-8(12)14-15-10/h4-6H,13H2,1-3H3. The molecule has 0 aromatic carbocycles. The van der Waals surface area contributed by atoms with Gasteiger partial charge in [0, 0.05) is 11.5 Å². The van der Waals surface area contributed by atoms with Crippen LogP contribution in [0, 0.1) is 0 Å². The van der Waals surface area contributed by atoms with Gasteiger partial charge in [0.05, 0.1) is 5.69 Å². The van der Waals surface area contributed by atoms with E-state index in [1.807, 2.05) is 6.07 Å². The Morgan fingerprint density at radius 2 is 1.94 bits per heavy atom. The summed E-state index contributed by atoms with van der Waals surface area (Å²) in [4.78, 5) is 0. The summed E-state index contributed by atoms with van der Waals surface area (Å²) in [6, 6.07) is 5.23. The van der Waals surface area contributed by atoms with E-state index in [4.69, 9.17) is 17.3 Å². The maximum absolute atomic E-state index is 5.91. The smallest absolute Gasteiger partial charge is 0.178 e. The molecule has 2 rings (SSSR count). The second-order valence-electron chi connectivity index (χ2n) is 4.83. The number of hydrogen-bond donors (Lipinski definition) is 1. The third kappa shape index (κ3) is 2.39. The SMILES string of the molecule is CC(C)(C)c1cc(N)n(-c2ccc(Cl)nn2)n1. The van der Waals surface area contributed by atoms with Crippen LogP contribution >= 0.6 is 11.6 Å². The van der Waals surface area contributed by atoms with Gasteiger partial charge in [0.1, 0.15) is 5.82 Å². The Balaban J connectivity index is 2.46. The van der Waals surface area contributed by atoms with Crippen molar-refractivity contribution in [2.45, 2.75) is 26.2 Å². The predicted molar refractivity (Wildman–Crippen MR) is 67.3 cm³/mol. The maximum Gasteiger partial charge on any atom is 0.178 e. The Morgan fingerprint density at radius 1 is 1.24 bits per heavy atom. The van der Waals surface area contributed by atoms with E-state index in [1.165, 1.54) is 0 Å². The zero-order valence-electron chi connectivity index (χ0n) is 9.98. The van der Waals surface area contributed by atoms with Crippen molar-refractivity contribution in [1.82, 2.24) is 20.0 Å². The molecule has 0 atom stereocenters. The summed E-state index contributed by atoms with van der Waals surface area (Å²) in [7, 11) is 0. The summed E-state index contributed by atoms with van der Waals surface area (Å²) < 4.78 is 1.56. The Hall–Kier alpha value is -1.62. The van der Waals surface area contributed by atoms with Gasteiger partial charge in [-0.15, -0.1) is 10.2 Å². The number of rotatable bonds is 1. The number of nitrogens with zero attached hydrogens (tertiary/aromatic N) is 4. The number of nitrogens with two attached hydrogens (primary N) is 1. The zero-order chi connectivity index (χ0) is 12.6. The lowest BCUT2D eigenvalue weighted by Crippen LogP contribution is -2.13. The van der Waals surface area contributed by atoms with Crippen LogP contribution in [0.1, 0.15) is 26.5 Å².